The fraction of sp³-hybridized carbons (Fsp3) is 0.154. The molecule has 0 radical (unpaired) electrons. The maximum Gasteiger partial charge on any atom is 0.135 e. The molecule has 0 unspecified atom stereocenters. The van der Waals surface area contributed by atoms with Crippen LogP contribution in [-0.2, 0) is 6.54 Å². The van der Waals surface area contributed by atoms with Crippen molar-refractivity contribution < 1.29 is 8.81 Å². The lowest BCUT2D eigenvalue weighted by molar-refractivity contribution is 0.563. The number of thiocarbonyl (C=S) groups is 1. The number of hydrogen-bond acceptors (Lipinski definition) is 3. The van der Waals surface area contributed by atoms with E-state index in [2.05, 4.69) is 0 Å². The van der Waals surface area contributed by atoms with Gasteiger partial charge in [-0.3, -0.25) is 0 Å². The summed E-state index contributed by atoms with van der Waals surface area (Å²) in [6, 6.07) is 6.63. The van der Waals surface area contributed by atoms with Crippen LogP contribution in [0.5, 0.6) is 0 Å². The van der Waals surface area contributed by atoms with Crippen molar-refractivity contribution in [3.05, 3.63) is 53.7 Å². The molecule has 0 bridgehead atoms. The van der Waals surface area contributed by atoms with Crippen LogP contribution in [0.15, 0.2) is 41.2 Å². The monoisotopic (exact) mass is 264 g/mol. The molecule has 0 aliphatic carbocycles. The summed E-state index contributed by atoms with van der Waals surface area (Å²) in [6.45, 7) is 0.593. The number of benzene rings is 1. The number of hydrogen-bond donors (Lipinski definition) is 1. The topological polar surface area (TPSA) is 42.4 Å². The van der Waals surface area contributed by atoms with Crippen LogP contribution >= 0.6 is 12.2 Å². The van der Waals surface area contributed by atoms with Gasteiger partial charge in [-0.25, -0.2) is 4.39 Å². The largest absolute Gasteiger partial charge is 0.472 e. The second-order valence-corrected chi connectivity index (χ2v) is 4.43. The van der Waals surface area contributed by atoms with Crippen molar-refractivity contribution in [3.8, 4) is 0 Å². The predicted molar refractivity (Wildman–Crippen MR) is 73.1 cm³/mol. The second-order valence-electron chi connectivity index (χ2n) is 3.99. The minimum atomic E-state index is -0.404. The average Bonchev–Trinajstić information content (AvgIpc) is 2.80. The Balaban J connectivity index is 2.32. The molecule has 0 saturated heterocycles. The summed E-state index contributed by atoms with van der Waals surface area (Å²) < 4.78 is 18.7. The van der Waals surface area contributed by atoms with Gasteiger partial charge in [-0.15, -0.1) is 0 Å². The van der Waals surface area contributed by atoms with Crippen LogP contribution in [-0.4, -0.2) is 12.0 Å². The number of anilines is 1. The van der Waals surface area contributed by atoms with E-state index in [1.54, 1.807) is 24.7 Å². The van der Waals surface area contributed by atoms with Gasteiger partial charge in [-0.2, -0.15) is 0 Å². The number of rotatable bonds is 4. The lowest BCUT2D eigenvalue weighted by Gasteiger charge is -2.21. The van der Waals surface area contributed by atoms with E-state index in [4.69, 9.17) is 22.4 Å². The third-order valence-electron chi connectivity index (χ3n) is 2.65. The normalized spacial score (nSPS) is 10.3. The highest BCUT2D eigenvalue weighted by Crippen LogP contribution is 2.23. The second kappa shape index (κ2) is 5.18. The van der Waals surface area contributed by atoms with Gasteiger partial charge in [0.05, 0.1) is 18.1 Å². The van der Waals surface area contributed by atoms with E-state index in [0.717, 1.165) is 5.56 Å². The Labute approximate surface area is 110 Å². The Morgan fingerprint density at radius 1 is 1.44 bits per heavy atom. The smallest absolute Gasteiger partial charge is 0.135 e. The fourth-order valence-electron chi connectivity index (χ4n) is 1.82. The molecule has 2 rings (SSSR count). The summed E-state index contributed by atoms with van der Waals surface area (Å²) >= 11 is 4.90. The highest BCUT2D eigenvalue weighted by molar-refractivity contribution is 7.80. The van der Waals surface area contributed by atoms with Crippen LogP contribution in [0.3, 0.4) is 0 Å². The van der Waals surface area contributed by atoms with E-state index < -0.39 is 5.82 Å². The summed E-state index contributed by atoms with van der Waals surface area (Å²) in [6.07, 6.45) is 3.25. The van der Waals surface area contributed by atoms with Crippen LogP contribution in [0, 0.1) is 5.82 Å². The Kier molecular flexibility index (Phi) is 3.62. The Morgan fingerprint density at radius 3 is 2.83 bits per heavy atom. The molecule has 1 aromatic heterocycles. The lowest BCUT2D eigenvalue weighted by Crippen LogP contribution is -2.22. The van der Waals surface area contributed by atoms with E-state index >= 15 is 0 Å². The van der Waals surface area contributed by atoms with E-state index in [0.29, 0.717) is 12.2 Å². The maximum absolute atomic E-state index is 13.7. The standard InChI is InChI=1S/C13H13FN2OS/c1-16(7-9-5-6-17-8-9)11-4-2-3-10(14)12(11)13(15)18/h2-6,8H,7H2,1H3,(H2,15,18). The van der Waals surface area contributed by atoms with Crippen molar-refractivity contribution in [2.75, 3.05) is 11.9 Å². The molecular formula is C13H13FN2OS. The number of nitrogens with two attached hydrogens (primary N) is 1. The molecule has 0 atom stereocenters. The van der Waals surface area contributed by atoms with Crippen LogP contribution in [0.4, 0.5) is 10.1 Å². The third-order valence-corrected chi connectivity index (χ3v) is 2.85. The highest BCUT2D eigenvalue weighted by Gasteiger charge is 2.14. The highest BCUT2D eigenvalue weighted by atomic mass is 32.1. The molecular weight excluding hydrogens is 251 g/mol. The molecule has 2 aromatic rings. The summed E-state index contributed by atoms with van der Waals surface area (Å²) in [4.78, 5) is 1.93. The van der Waals surface area contributed by atoms with Crippen molar-refractivity contribution in [1.29, 1.82) is 0 Å². The van der Waals surface area contributed by atoms with Gasteiger partial charge in [-0.1, -0.05) is 18.3 Å². The quantitative estimate of drug-likeness (QED) is 0.862. The number of furan rings is 1. The lowest BCUT2D eigenvalue weighted by atomic mass is 10.1. The zero-order valence-corrected chi connectivity index (χ0v) is 10.7. The van der Waals surface area contributed by atoms with Crippen molar-refractivity contribution in [2.24, 2.45) is 5.73 Å². The van der Waals surface area contributed by atoms with E-state index in [1.165, 1.54) is 6.07 Å². The molecule has 18 heavy (non-hydrogen) atoms. The molecule has 0 aliphatic heterocycles. The molecule has 3 nitrogen and oxygen atoms in total. The molecule has 0 aliphatic rings. The first-order chi connectivity index (χ1) is 8.59. The van der Waals surface area contributed by atoms with Gasteiger partial charge in [0.1, 0.15) is 10.8 Å². The van der Waals surface area contributed by atoms with Gasteiger partial charge in [0.15, 0.2) is 0 Å². The van der Waals surface area contributed by atoms with Crippen molar-refractivity contribution >= 4 is 22.9 Å². The van der Waals surface area contributed by atoms with Crippen LogP contribution < -0.4 is 10.6 Å². The number of halogens is 1. The Bertz CT molecular complexity index is 554. The van der Waals surface area contributed by atoms with Gasteiger partial charge >= 0.3 is 0 Å². The Morgan fingerprint density at radius 2 is 2.22 bits per heavy atom. The summed E-state index contributed by atoms with van der Waals surface area (Å²) in [7, 11) is 1.85. The summed E-state index contributed by atoms with van der Waals surface area (Å²) in [5.74, 6) is -0.404. The molecule has 1 heterocycles. The SMILES string of the molecule is CN(Cc1ccoc1)c1cccc(F)c1C(N)=S. The average molecular weight is 264 g/mol. The molecule has 1 aromatic carbocycles. The summed E-state index contributed by atoms with van der Waals surface area (Å²) in [5, 5.41) is 0. The van der Waals surface area contributed by atoms with Gasteiger partial charge in [-0.05, 0) is 18.2 Å². The molecule has 0 fully saturated rings. The molecule has 0 amide bonds. The Hall–Kier alpha value is -1.88. The molecule has 5 heteroatoms. The van der Waals surface area contributed by atoms with Gasteiger partial charge in [0.25, 0.3) is 0 Å². The van der Waals surface area contributed by atoms with Crippen LogP contribution in [0.1, 0.15) is 11.1 Å². The maximum atomic E-state index is 13.7. The van der Waals surface area contributed by atoms with Gasteiger partial charge in [0, 0.05) is 24.8 Å². The zero-order chi connectivity index (χ0) is 13.1. The minimum absolute atomic E-state index is 0.0575. The molecule has 0 spiro atoms. The van der Waals surface area contributed by atoms with E-state index in [-0.39, 0.29) is 10.6 Å². The molecule has 2 N–H and O–H groups in total. The van der Waals surface area contributed by atoms with Gasteiger partial charge in [0.2, 0.25) is 0 Å². The first-order valence-corrected chi connectivity index (χ1v) is 5.81. The zero-order valence-electron chi connectivity index (χ0n) is 9.89. The fourth-order valence-corrected chi connectivity index (χ4v) is 2.02. The van der Waals surface area contributed by atoms with E-state index in [9.17, 15) is 4.39 Å². The number of nitrogens with zero attached hydrogens (tertiary/aromatic N) is 1. The summed E-state index contributed by atoms with van der Waals surface area (Å²) in [5.41, 5.74) is 7.52. The predicted octanol–water partition coefficient (Wildman–Crippen LogP) is 2.69. The molecule has 94 valence electrons. The van der Waals surface area contributed by atoms with E-state index in [1.807, 2.05) is 18.0 Å². The molecule has 0 saturated carbocycles. The van der Waals surface area contributed by atoms with Crippen molar-refractivity contribution in [3.63, 3.8) is 0 Å². The third kappa shape index (κ3) is 2.51. The van der Waals surface area contributed by atoms with Crippen molar-refractivity contribution in [1.82, 2.24) is 0 Å². The van der Waals surface area contributed by atoms with Gasteiger partial charge < -0.3 is 15.1 Å². The minimum Gasteiger partial charge on any atom is -0.472 e. The van der Waals surface area contributed by atoms with Crippen LogP contribution in [0.25, 0.3) is 0 Å². The first-order valence-electron chi connectivity index (χ1n) is 5.40. The first kappa shape index (κ1) is 12.6. The van der Waals surface area contributed by atoms with Crippen LogP contribution in [0.2, 0.25) is 0 Å². The van der Waals surface area contributed by atoms with Crippen molar-refractivity contribution in [2.45, 2.75) is 6.54 Å².